The molecule has 1 aliphatic carbocycles. The average Bonchev–Trinajstić information content (AvgIpc) is 2.86. The van der Waals surface area contributed by atoms with E-state index in [0.29, 0.717) is 11.6 Å². The highest BCUT2D eigenvalue weighted by atomic mass is 19.1. The van der Waals surface area contributed by atoms with Gasteiger partial charge < -0.3 is 5.73 Å². The van der Waals surface area contributed by atoms with Crippen molar-refractivity contribution in [3.05, 3.63) is 29.8 Å². The summed E-state index contributed by atoms with van der Waals surface area (Å²) in [6.45, 7) is 0. The monoisotopic (exact) mass is 166 g/mol. The fourth-order valence-corrected chi connectivity index (χ4v) is 1.32. The highest BCUT2D eigenvalue weighted by molar-refractivity contribution is 5.13. The molecule has 2 N–H and O–H groups in total. The molecule has 2 nitrogen and oxygen atoms in total. The topological polar surface area (TPSA) is 38.9 Å². The molecule has 64 valence electrons. The van der Waals surface area contributed by atoms with E-state index in [1.165, 1.54) is 6.07 Å². The van der Waals surface area contributed by atoms with Crippen molar-refractivity contribution in [3.63, 3.8) is 0 Å². The molecule has 1 aromatic rings. The van der Waals surface area contributed by atoms with Crippen LogP contribution in [0.1, 0.15) is 24.6 Å². The van der Waals surface area contributed by atoms with Crippen LogP contribution in [0.4, 0.5) is 4.39 Å². The maximum absolute atomic E-state index is 13.1. The Bertz CT molecular complexity index is 284. The largest absolute Gasteiger partial charge is 0.322 e. The smallest absolute Gasteiger partial charge is 0.146 e. The molecule has 0 aliphatic heterocycles. The number of pyridine rings is 1. The molecule has 1 heterocycles. The van der Waals surface area contributed by atoms with Crippen molar-refractivity contribution < 1.29 is 4.39 Å². The number of aromatic nitrogens is 1. The van der Waals surface area contributed by atoms with Gasteiger partial charge in [0.25, 0.3) is 0 Å². The lowest BCUT2D eigenvalue weighted by molar-refractivity contribution is 0.536. The fourth-order valence-electron chi connectivity index (χ4n) is 1.32. The van der Waals surface area contributed by atoms with Crippen LogP contribution in [0, 0.1) is 11.7 Å². The van der Waals surface area contributed by atoms with E-state index in [2.05, 4.69) is 4.98 Å². The lowest BCUT2D eigenvalue weighted by Crippen LogP contribution is -2.15. The number of hydrogen-bond donors (Lipinski definition) is 1. The fraction of sp³-hybridized carbons (Fsp3) is 0.444. The second-order valence-electron chi connectivity index (χ2n) is 3.23. The van der Waals surface area contributed by atoms with E-state index in [1.807, 2.05) is 0 Å². The molecule has 1 aromatic heterocycles. The van der Waals surface area contributed by atoms with Gasteiger partial charge in [-0.25, -0.2) is 4.39 Å². The van der Waals surface area contributed by atoms with Crippen LogP contribution in [0.3, 0.4) is 0 Å². The summed E-state index contributed by atoms with van der Waals surface area (Å²) in [4.78, 5) is 3.94. The van der Waals surface area contributed by atoms with Crippen molar-refractivity contribution in [1.29, 1.82) is 0 Å². The van der Waals surface area contributed by atoms with Crippen molar-refractivity contribution in [3.8, 4) is 0 Å². The summed E-state index contributed by atoms with van der Waals surface area (Å²) in [6.07, 6.45) is 3.80. The molecule has 0 saturated heterocycles. The number of hydrogen-bond acceptors (Lipinski definition) is 2. The highest BCUT2D eigenvalue weighted by Crippen LogP contribution is 2.39. The number of rotatable bonds is 2. The Morgan fingerprint density at radius 2 is 2.33 bits per heavy atom. The van der Waals surface area contributed by atoms with Crippen molar-refractivity contribution in [1.82, 2.24) is 4.98 Å². The van der Waals surface area contributed by atoms with Crippen LogP contribution >= 0.6 is 0 Å². The quantitative estimate of drug-likeness (QED) is 0.725. The van der Waals surface area contributed by atoms with Gasteiger partial charge in [-0.15, -0.1) is 0 Å². The molecular weight excluding hydrogens is 155 g/mol. The first-order valence-electron chi connectivity index (χ1n) is 4.15. The maximum Gasteiger partial charge on any atom is 0.146 e. The lowest BCUT2D eigenvalue weighted by atomic mass is 10.1. The standard InChI is InChI=1S/C9H11FN2/c10-7-2-1-5-12-9(7)8(11)6-3-4-6/h1-2,5-6,8H,3-4,11H2/t8-/m1/s1. The van der Waals surface area contributed by atoms with Crippen LogP contribution in [0.2, 0.25) is 0 Å². The Kier molecular flexibility index (Phi) is 1.81. The molecule has 1 fully saturated rings. The molecule has 1 saturated carbocycles. The van der Waals surface area contributed by atoms with Crippen LogP contribution in [0.25, 0.3) is 0 Å². The summed E-state index contributed by atoms with van der Waals surface area (Å²) in [5, 5.41) is 0. The molecule has 12 heavy (non-hydrogen) atoms. The minimum absolute atomic E-state index is 0.203. The third kappa shape index (κ3) is 1.32. The van der Waals surface area contributed by atoms with Gasteiger partial charge in [-0.05, 0) is 30.9 Å². The van der Waals surface area contributed by atoms with Gasteiger partial charge in [-0.3, -0.25) is 4.98 Å². The van der Waals surface area contributed by atoms with Gasteiger partial charge in [-0.2, -0.15) is 0 Å². The molecule has 0 aromatic carbocycles. The van der Waals surface area contributed by atoms with Crippen LogP contribution in [0.5, 0.6) is 0 Å². The van der Waals surface area contributed by atoms with Crippen LogP contribution in [-0.4, -0.2) is 4.98 Å². The molecular formula is C9H11FN2. The normalized spacial score (nSPS) is 19.2. The first-order chi connectivity index (χ1) is 5.79. The first kappa shape index (κ1) is 7.68. The molecule has 0 bridgehead atoms. The molecule has 2 rings (SSSR count). The Hall–Kier alpha value is -0.960. The van der Waals surface area contributed by atoms with E-state index >= 15 is 0 Å². The zero-order chi connectivity index (χ0) is 8.55. The maximum atomic E-state index is 13.1. The van der Waals surface area contributed by atoms with E-state index in [9.17, 15) is 4.39 Å². The van der Waals surface area contributed by atoms with E-state index in [1.54, 1.807) is 12.3 Å². The molecule has 1 atom stereocenters. The predicted octanol–water partition coefficient (Wildman–Crippen LogP) is 1.63. The molecule has 0 amide bonds. The van der Waals surface area contributed by atoms with Crippen molar-refractivity contribution in [2.24, 2.45) is 11.7 Å². The van der Waals surface area contributed by atoms with Gasteiger partial charge in [0.05, 0.1) is 11.7 Å². The van der Waals surface area contributed by atoms with Crippen molar-refractivity contribution >= 4 is 0 Å². The van der Waals surface area contributed by atoms with Crippen LogP contribution < -0.4 is 5.73 Å². The summed E-state index contributed by atoms with van der Waals surface area (Å²) in [6, 6.07) is 2.79. The Balaban J connectivity index is 2.25. The molecule has 0 radical (unpaired) electrons. The second-order valence-corrected chi connectivity index (χ2v) is 3.23. The third-order valence-electron chi connectivity index (χ3n) is 2.23. The summed E-state index contributed by atoms with van der Waals surface area (Å²) >= 11 is 0. The summed E-state index contributed by atoms with van der Waals surface area (Å²) in [7, 11) is 0. The van der Waals surface area contributed by atoms with Crippen LogP contribution in [0.15, 0.2) is 18.3 Å². The van der Waals surface area contributed by atoms with Crippen molar-refractivity contribution in [2.45, 2.75) is 18.9 Å². The SMILES string of the molecule is N[C@@H](c1ncccc1F)C1CC1. The van der Waals surface area contributed by atoms with Crippen molar-refractivity contribution in [2.75, 3.05) is 0 Å². The zero-order valence-electron chi connectivity index (χ0n) is 6.70. The van der Waals surface area contributed by atoms with Gasteiger partial charge in [-0.1, -0.05) is 0 Å². The van der Waals surface area contributed by atoms with E-state index in [0.717, 1.165) is 12.8 Å². The van der Waals surface area contributed by atoms with Gasteiger partial charge >= 0.3 is 0 Å². The highest BCUT2D eigenvalue weighted by Gasteiger charge is 2.31. The molecule has 0 unspecified atom stereocenters. The van der Waals surface area contributed by atoms with Crippen LogP contribution in [-0.2, 0) is 0 Å². The first-order valence-corrected chi connectivity index (χ1v) is 4.15. The van der Waals surface area contributed by atoms with Gasteiger partial charge in [0.15, 0.2) is 0 Å². The number of halogens is 1. The Morgan fingerprint density at radius 3 is 2.92 bits per heavy atom. The Morgan fingerprint density at radius 1 is 1.58 bits per heavy atom. The van der Waals surface area contributed by atoms with E-state index < -0.39 is 0 Å². The molecule has 1 aliphatic rings. The van der Waals surface area contributed by atoms with E-state index in [4.69, 9.17) is 5.73 Å². The minimum Gasteiger partial charge on any atom is -0.322 e. The molecule has 0 spiro atoms. The average molecular weight is 166 g/mol. The van der Waals surface area contributed by atoms with Gasteiger partial charge in [0.2, 0.25) is 0 Å². The summed E-state index contributed by atoms with van der Waals surface area (Å²) < 4.78 is 13.1. The number of nitrogens with zero attached hydrogens (tertiary/aromatic N) is 1. The van der Waals surface area contributed by atoms with Gasteiger partial charge in [0, 0.05) is 6.20 Å². The van der Waals surface area contributed by atoms with E-state index in [-0.39, 0.29) is 11.9 Å². The van der Waals surface area contributed by atoms with Gasteiger partial charge in [0.1, 0.15) is 5.82 Å². The second kappa shape index (κ2) is 2.83. The summed E-state index contributed by atoms with van der Waals surface area (Å²) in [5.74, 6) is 0.172. The third-order valence-corrected chi connectivity index (χ3v) is 2.23. The zero-order valence-corrected chi connectivity index (χ0v) is 6.70. The number of nitrogens with two attached hydrogens (primary N) is 1. The lowest BCUT2D eigenvalue weighted by Gasteiger charge is -2.09. The Labute approximate surface area is 70.6 Å². The predicted molar refractivity (Wildman–Crippen MR) is 43.8 cm³/mol. The molecule has 3 heteroatoms. The summed E-state index contributed by atoms with van der Waals surface area (Å²) in [5.41, 5.74) is 6.22. The minimum atomic E-state index is -0.281.